The molecule has 2 aromatic carbocycles. The van der Waals surface area contributed by atoms with Crippen LogP contribution < -0.4 is 0 Å². The highest BCUT2D eigenvalue weighted by Gasteiger charge is 2.21. The van der Waals surface area contributed by atoms with Crippen molar-refractivity contribution in [2.24, 2.45) is 0 Å². The number of Topliss-reactive ketones (excluding diaryl/α,β-unsaturated/α-hetero) is 1. The van der Waals surface area contributed by atoms with Gasteiger partial charge in [-0.25, -0.2) is 0 Å². The summed E-state index contributed by atoms with van der Waals surface area (Å²) in [6.07, 6.45) is 2.35. The number of aliphatic hydroxyl groups is 1. The number of halogens is 1. The minimum atomic E-state index is -0.366. The first-order chi connectivity index (χ1) is 10.7. The third-order valence-corrected chi connectivity index (χ3v) is 4.68. The van der Waals surface area contributed by atoms with Crippen LogP contribution >= 0.6 is 15.9 Å². The molecule has 4 heteroatoms. The highest BCUT2D eigenvalue weighted by Crippen LogP contribution is 2.30. The highest BCUT2D eigenvalue weighted by atomic mass is 79.9. The fraction of sp³-hybridized carbons (Fsp3) is 0.167. The Hall–Kier alpha value is -1.91. The maximum atomic E-state index is 12.8. The number of nitrogens with one attached hydrogen (secondary N) is 1. The number of hydrogen-bond acceptors (Lipinski definition) is 2. The average Bonchev–Trinajstić information content (AvgIpc) is 2.98. The molecule has 0 radical (unpaired) electrons. The smallest absolute Gasteiger partial charge is 0.183 e. The Bertz CT molecular complexity index is 795. The van der Waals surface area contributed by atoms with E-state index < -0.39 is 0 Å². The molecule has 0 saturated carbocycles. The van der Waals surface area contributed by atoms with Crippen LogP contribution in [0.5, 0.6) is 0 Å². The summed E-state index contributed by atoms with van der Waals surface area (Å²) in [6.45, 7) is 0.101. The Labute approximate surface area is 137 Å². The zero-order valence-corrected chi connectivity index (χ0v) is 13.5. The van der Waals surface area contributed by atoms with Crippen molar-refractivity contribution in [1.82, 2.24) is 4.98 Å². The van der Waals surface area contributed by atoms with Gasteiger partial charge in [0, 0.05) is 29.3 Å². The summed E-state index contributed by atoms with van der Waals surface area (Å²) in [5.74, 6) is 0.0265. The molecule has 22 heavy (non-hydrogen) atoms. The van der Waals surface area contributed by atoms with E-state index in [4.69, 9.17) is 5.11 Å². The van der Waals surface area contributed by atoms with Gasteiger partial charge >= 0.3 is 0 Å². The molecule has 0 saturated heterocycles. The van der Waals surface area contributed by atoms with Gasteiger partial charge in [-0.15, -0.1) is 0 Å². The van der Waals surface area contributed by atoms with Crippen LogP contribution in [0.15, 0.2) is 54.7 Å². The summed E-state index contributed by atoms with van der Waals surface area (Å²) in [4.78, 5) is 15.5. The molecule has 0 spiro atoms. The predicted octanol–water partition coefficient (Wildman–Crippen LogP) is 4.02. The summed E-state index contributed by atoms with van der Waals surface area (Å²) >= 11 is 3.50. The average molecular weight is 358 g/mol. The van der Waals surface area contributed by atoms with Crippen LogP contribution in [0.2, 0.25) is 0 Å². The van der Waals surface area contributed by atoms with E-state index in [1.807, 2.05) is 48.5 Å². The van der Waals surface area contributed by atoms with E-state index in [0.717, 1.165) is 22.0 Å². The second kappa shape index (κ2) is 6.46. The van der Waals surface area contributed by atoms with Gasteiger partial charge in [0.1, 0.15) is 4.83 Å². The van der Waals surface area contributed by atoms with Crippen molar-refractivity contribution in [2.45, 2.75) is 11.2 Å². The van der Waals surface area contributed by atoms with Gasteiger partial charge in [-0.1, -0.05) is 52.3 Å². The van der Waals surface area contributed by atoms with Gasteiger partial charge in [-0.05, 0) is 29.7 Å². The summed E-state index contributed by atoms with van der Waals surface area (Å²) in [5.41, 5.74) is 3.56. The van der Waals surface area contributed by atoms with E-state index in [0.29, 0.717) is 12.0 Å². The molecular weight excluding hydrogens is 342 g/mol. The van der Waals surface area contributed by atoms with Crippen LogP contribution in [0.3, 0.4) is 0 Å². The largest absolute Gasteiger partial charge is 0.396 e. The van der Waals surface area contributed by atoms with Crippen LogP contribution in [0.1, 0.15) is 26.3 Å². The molecule has 3 nitrogen and oxygen atoms in total. The van der Waals surface area contributed by atoms with E-state index in [2.05, 4.69) is 20.9 Å². The Morgan fingerprint density at radius 1 is 1.18 bits per heavy atom. The molecule has 1 atom stereocenters. The Balaban J connectivity index is 1.98. The molecule has 1 aromatic heterocycles. The van der Waals surface area contributed by atoms with Crippen LogP contribution in [0.25, 0.3) is 10.9 Å². The van der Waals surface area contributed by atoms with E-state index in [1.165, 1.54) is 0 Å². The number of benzene rings is 2. The first-order valence-corrected chi connectivity index (χ1v) is 8.06. The maximum absolute atomic E-state index is 12.8. The van der Waals surface area contributed by atoms with Crippen molar-refractivity contribution < 1.29 is 9.90 Å². The van der Waals surface area contributed by atoms with Gasteiger partial charge in [-0.3, -0.25) is 4.79 Å². The van der Waals surface area contributed by atoms with Gasteiger partial charge in [0.2, 0.25) is 0 Å². The standard InChI is InChI=1S/C18H16BrNO2/c19-17(13-4-2-1-3-5-13)18(22)15-11-20-16-7-6-12(8-9-21)10-14(15)16/h1-7,10-11,17,20-21H,8-9H2. The second-order valence-electron chi connectivity index (χ2n) is 5.19. The van der Waals surface area contributed by atoms with Gasteiger partial charge in [0.05, 0.1) is 0 Å². The number of hydrogen-bond donors (Lipinski definition) is 2. The topological polar surface area (TPSA) is 53.1 Å². The number of alkyl halides is 1. The molecule has 3 aromatic rings. The fourth-order valence-electron chi connectivity index (χ4n) is 2.57. The van der Waals surface area contributed by atoms with Crippen LogP contribution in [0.4, 0.5) is 0 Å². The molecule has 0 fully saturated rings. The van der Waals surface area contributed by atoms with Gasteiger partial charge in [-0.2, -0.15) is 0 Å². The van der Waals surface area contributed by atoms with E-state index in [9.17, 15) is 4.79 Å². The molecule has 3 rings (SSSR count). The Morgan fingerprint density at radius 2 is 1.95 bits per heavy atom. The number of fused-ring (bicyclic) bond motifs is 1. The first-order valence-electron chi connectivity index (χ1n) is 7.15. The molecule has 2 N–H and O–H groups in total. The van der Waals surface area contributed by atoms with E-state index in [1.54, 1.807) is 6.20 Å². The summed E-state index contributed by atoms with van der Waals surface area (Å²) in [7, 11) is 0. The number of rotatable bonds is 5. The third-order valence-electron chi connectivity index (χ3n) is 3.73. The van der Waals surface area contributed by atoms with Crippen molar-refractivity contribution in [3.8, 4) is 0 Å². The molecular formula is C18H16BrNO2. The number of aromatic nitrogens is 1. The zero-order chi connectivity index (χ0) is 15.5. The first kappa shape index (κ1) is 15.0. The van der Waals surface area contributed by atoms with Crippen molar-refractivity contribution >= 4 is 32.6 Å². The SMILES string of the molecule is O=C(c1c[nH]c2ccc(CCO)cc12)C(Br)c1ccccc1. The van der Waals surface area contributed by atoms with E-state index >= 15 is 0 Å². The maximum Gasteiger partial charge on any atom is 0.183 e. The lowest BCUT2D eigenvalue weighted by Gasteiger charge is -2.08. The van der Waals surface area contributed by atoms with Crippen molar-refractivity contribution in [2.75, 3.05) is 6.61 Å². The summed E-state index contributed by atoms with van der Waals surface area (Å²) in [6, 6.07) is 15.5. The Morgan fingerprint density at radius 3 is 2.68 bits per heavy atom. The second-order valence-corrected chi connectivity index (χ2v) is 6.11. The van der Waals surface area contributed by atoms with Crippen molar-refractivity contribution in [3.63, 3.8) is 0 Å². The molecule has 1 unspecified atom stereocenters. The van der Waals surface area contributed by atoms with Gasteiger partial charge in [0.15, 0.2) is 5.78 Å². The molecule has 1 heterocycles. The van der Waals surface area contributed by atoms with Crippen molar-refractivity contribution in [1.29, 1.82) is 0 Å². The van der Waals surface area contributed by atoms with Gasteiger partial charge in [0.25, 0.3) is 0 Å². The normalized spacial score (nSPS) is 12.5. The zero-order valence-electron chi connectivity index (χ0n) is 11.9. The minimum Gasteiger partial charge on any atom is -0.396 e. The lowest BCUT2D eigenvalue weighted by Crippen LogP contribution is -2.06. The third kappa shape index (κ3) is 2.85. The molecule has 0 aliphatic rings. The monoisotopic (exact) mass is 357 g/mol. The van der Waals surface area contributed by atoms with Crippen LogP contribution in [-0.2, 0) is 6.42 Å². The predicted molar refractivity (Wildman–Crippen MR) is 91.5 cm³/mol. The lowest BCUT2D eigenvalue weighted by atomic mass is 10.0. The molecule has 0 amide bonds. The molecule has 0 aliphatic carbocycles. The van der Waals surface area contributed by atoms with E-state index in [-0.39, 0.29) is 17.2 Å². The number of ketones is 1. The van der Waals surface area contributed by atoms with Crippen molar-refractivity contribution in [3.05, 3.63) is 71.4 Å². The molecule has 112 valence electrons. The number of carbonyl (C=O) groups excluding carboxylic acids is 1. The van der Waals surface area contributed by atoms with Gasteiger partial charge < -0.3 is 10.1 Å². The summed E-state index contributed by atoms with van der Waals surface area (Å²) < 4.78 is 0. The quantitative estimate of drug-likeness (QED) is 0.535. The highest BCUT2D eigenvalue weighted by molar-refractivity contribution is 9.09. The summed E-state index contributed by atoms with van der Waals surface area (Å²) in [5, 5.41) is 9.97. The number of aliphatic hydroxyl groups excluding tert-OH is 1. The minimum absolute atomic E-state index is 0.0265. The number of aromatic amines is 1. The molecule has 0 aliphatic heterocycles. The van der Waals surface area contributed by atoms with Crippen LogP contribution in [-0.4, -0.2) is 22.5 Å². The Kier molecular flexibility index (Phi) is 4.41. The number of H-pyrrole nitrogens is 1. The molecule has 0 bridgehead atoms. The lowest BCUT2D eigenvalue weighted by molar-refractivity contribution is 0.0993. The van der Waals surface area contributed by atoms with Crippen LogP contribution in [0, 0.1) is 0 Å². The fourth-order valence-corrected chi connectivity index (χ4v) is 3.12. The number of carbonyl (C=O) groups is 1.